The van der Waals surface area contributed by atoms with Gasteiger partial charge in [0.25, 0.3) is 0 Å². The number of nitrogens with zero attached hydrogens (tertiary/aromatic N) is 1. The predicted octanol–water partition coefficient (Wildman–Crippen LogP) is 2.51. The van der Waals surface area contributed by atoms with Crippen molar-refractivity contribution in [3.63, 3.8) is 0 Å². The molecule has 1 aliphatic carbocycles. The highest BCUT2D eigenvalue weighted by Crippen LogP contribution is 2.43. The first-order valence-corrected chi connectivity index (χ1v) is 7.03. The summed E-state index contributed by atoms with van der Waals surface area (Å²) in [5.41, 5.74) is 5.94. The quantitative estimate of drug-likeness (QED) is 0.722. The minimum absolute atomic E-state index is 0.168. The molecule has 0 aromatic carbocycles. The molecule has 1 spiro atoms. The van der Waals surface area contributed by atoms with Crippen molar-refractivity contribution in [3.8, 4) is 0 Å². The van der Waals surface area contributed by atoms with E-state index in [9.17, 15) is 4.79 Å². The van der Waals surface area contributed by atoms with Crippen molar-refractivity contribution in [2.75, 3.05) is 13.1 Å². The first kappa shape index (κ1) is 13.7. The molecule has 18 heavy (non-hydrogen) atoms. The highest BCUT2D eigenvalue weighted by atomic mass is 16.6. The maximum atomic E-state index is 12.0. The molecule has 1 saturated heterocycles. The van der Waals surface area contributed by atoms with Crippen LogP contribution in [0.2, 0.25) is 0 Å². The van der Waals surface area contributed by atoms with Gasteiger partial charge in [-0.15, -0.1) is 0 Å². The van der Waals surface area contributed by atoms with E-state index >= 15 is 0 Å². The number of carbonyl (C=O) groups excluding carboxylic acids is 1. The molecule has 2 atom stereocenters. The van der Waals surface area contributed by atoms with Gasteiger partial charge in [0.1, 0.15) is 5.60 Å². The monoisotopic (exact) mass is 254 g/mol. The van der Waals surface area contributed by atoms with Crippen molar-refractivity contribution in [2.45, 2.75) is 64.5 Å². The lowest BCUT2D eigenvalue weighted by molar-refractivity contribution is 0.0259. The van der Waals surface area contributed by atoms with Gasteiger partial charge in [-0.05, 0) is 51.9 Å². The maximum Gasteiger partial charge on any atom is 0.410 e. The van der Waals surface area contributed by atoms with Gasteiger partial charge in [-0.2, -0.15) is 0 Å². The van der Waals surface area contributed by atoms with Crippen molar-refractivity contribution >= 4 is 6.09 Å². The number of rotatable bonds is 0. The Hall–Kier alpha value is -0.770. The lowest BCUT2D eigenvalue weighted by Gasteiger charge is -2.36. The van der Waals surface area contributed by atoms with E-state index in [0.29, 0.717) is 6.04 Å². The van der Waals surface area contributed by atoms with Crippen LogP contribution in [0.3, 0.4) is 0 Å². The number of amides is 1. The summed E-state index contributed by atoms with van der Waals surface area (Å²) >= 11 is 0. The summed E-state index contributed by atoms with van der Waals surface area (Å²) in [7, 11) is 0. The molecular weight excluding hydrogens is 228 g/mol. The van der Waals surface area contributed by atoms with Crippen molar-refractivity contribution in [2.24, 2.45) is 11.1 Å². The molecule has 4 heteroatoms. The van der Waals surface area contributed by atoms with E-state index in [1.165, 1.54) is 12.8 Å². The number of carbonyl (C=O) groups is 1. The molecule has 1 aliphatic heterocycles. The van der Waals surface area contributed by atoms with Crippen LogP contribution >= 0.6 is 0 Å². The first-order valence-electron chi connectivity index (χ1n) is 7.03. The highest BCUT2D eigenvalue weighted by molar-refractivity contribution is 5.68. The SMILES string of the molecule is CC(C)(C)OC(=O)N1CC[C@@]2(CCC[C@@H](N)C2)C1. The molecule has 2 rings (SSSR count). The smallest absolute Gasteiger partial charge is 0.410 e. The summed E-state index contributed by atoms with van der Waals surface area (Å²) < 4.78 is 5.44. The van der Waals surface area contributed by atoms with Gasteiger partial charge in [0.15, 0.2) is 0 Å². The van der Waals surface area contributed by atoms with Crippen LogP contribution in [-0.2, 0) is 4.74 Å². The third-order valence-electron chi connectivity index (χ3n) is 4.07. The fourth-order valence-electron chi connectivity index (χ4n) is 3.29. The van der Waals surface area contributed by atoms with Crippen LogP contribution in [0.4, 0.5) is 4.79 Å². The molecule has 2 fully saturated rings. The molecule has 2 N–H and O–H groups in total. The zero-order valence-electron chi connectivity index (χ0n) is 11.9. The molecular formula is C14H26N2O2. The van der Waals surface area contributed by atoms with Crippen LogP contribution in [0.1, 0.15) is 52.9 Å². The summed E-state index contributed by atoms with van der Waals surface area (Å²) in [4.78, 5) is 13.9. The van der Waals surface area contributed by atoms with E-state index in [2.05, 4.69) is 0 Å². The van der Waals surface area contributed by atoms with Crippen LogP contribution in [0.25, 0.3) is 0 Å². The number of likely N-dealkylation sites (tertiary alicyclic amines) is 1. The standard InChI is InChI=1S/C14H26N2O2/c1-13(2,3)18-12(17)16-8-7-14(10-16)6-4-5-11(15)9-14/h11H,4-10,15H2,1-3H3/t11-,14-/m1/s1. The number of hydrogen-bond donors (Lipinski definition) is 1. The second kappa shape index (κ2) is 4.72. The minimum Gasteiger partial charge on any atom is -0.444 e. The molecule has 0 aromatic rings. The largest absolute Gasteiger partial charge is 0.444 e. The van der Waals surface area contributed by atoms with E-state index in [0.717, 1.165) is 32.4 Å². The van der Waals surface area contributed by atoms with Crippen molar-refractivity contribution in [1.29, 1.82) is 0 Å². The van der Waals surface area contributed by atoms with Gasteiger partial charge in [-0.1, -0.05) is 6.42 Å². The molecule has 2 aliphatic rings. The topological polar surface area (TPSA) is 55.6 Å². The zero-order chi connectivity index (χ0) is 13.4. The van der Waals surface area contributed by atoms with Gasteiger partial charge in [0, 0.05) is 19.1 Å². The van der Waals surface area contributed by atoms with Crippen molar-refractivity contribution in [3.05, 3.63) is 0 Å². The molecule has 0 aromatic heterocycles. The fraction of sp³-hybridized carbons (Fsp3) is 0.929. The summed E-state index contributed by atoms with van der Waals surface area (Å²) in [5, 5.41) is 0. The van der Waals surface area contributed by atoms with Crippen LogP contribution in [0.15, 0.2) is 0 Å². The third-order valence-corrected chi connectivity index (χ3v) is 4.07. The normalized spacial score (nSPS) is 32.9. The van der Waals surface area contributed by atoms with Crippen LogP contribution in [0, 0.1) is 5.41 Å². The Bertz CT molecular complexity index is 324. The highest BCUT2D eigenvalue weighted by Gasteiger charge is 2.43. The van der Waals surface area contributed by atoms with E-state index in [4.69, 9.17) is 10.5 Å². The second-order valence-electron chi connectivity index (χ2n) is 7.01. The summed E-state index contributed by atoms with van der Waals surface area (Å²) in [6.45, 7) is 7.38. The molecule has 4 nitrogen and oxygen atoms in total. The van der Waals surface area contributed by atoms with Gasteiger partial charge in [0.05, 0.1) is 0 Å². The first-order chi connectivity index (χ1) is 8.30. The number of nitrogens with two attached hydrogens (primary N) is 1. The van der Waals surface area contributed by atoms with E-state index in [1.807, 2.05) is 25.7 Å². The second-order valence-corrected chi connectivity index (χ2v) is 7.01. The van der Waals surface area contributed by atoms with Crippen LogP contribution in [0.5, 0.6) is 0 Å². The zero-order valence-corrected chi connectivity index (χ0v) is 11.9. The summed E-state index contributed by atoms with van der Waals surface area (Å²) in [5.74, 6) is 0. The fourth-order valence-corrected chi connectivity index (χ4v) is 3.29. The molecule has 104 valence electrons. The Labute approximate surface area is 110 Å². The lowest BCUT2D eigenvalue weighted by Crippen LogP contribution is -2.40. The van der Waals surface area contributed by atoms with Crippen LogP contribution in [-0.4, -0.2) is 35.7 Å². The van der Waals surface area contributed by atoms with Crippen molar-refractivity contribution < 1.29 is 9.53 Å². The third kappa shape index (κ3) is 3.16. The van der Waals surface area contributed by atoms with Crippen LogP contribution < -0.4 is 5.73 Å². The Morgan fingerprint density at radius 1 is 1.39 bits per heavy atom. The van der Waals surface area contributed by atoms with E-state index in [1.54, 1.807) is 0 Å². The van der Waals surface area contributed by atoms with Gasteiger partial charge in [-0.3, -0.25) is 0 Å². The molecule has 1 heterocycles. The van der Waals surface area contributed by atoms with E-state index in [-0.39, 0.29) is 11.5 Å². The molecule has 1 saturated carbocycles. The average Bonchev–Trinajstić information content (AvgIpc) is 2.59. The Morgan fingerprint density at radius 3 is 2.72 bits per heavy atom. The molecule has 0 unspecified atom stereocenters. The maximum absolute atomic E-state index is 12.0. The van der Waals surface area contributed by atoms with Crippen molar-refractivity contribution in [1.82, 2.24) is 4.90 Å². The summed E-state index contributed by atoms with van der Waals surface area (Å²) in [6.07, 6.45) is 5.52. The van der Waals surface area contributed by atoms with Gasteiger partial charge < -0.3 is 15.4 Å². The van der Waals surface area contributed by atoms with Gasteiger partial charge in [-0.25, -0.2) is 4.79 Å². The average molecular weight is 254 g/mol. The van der Waals surface area contributed by atoms with Gasteiger partial charge >= 0.3 is 6.09 Å². The number of ether oxygens (including phenoxy) is 1. The predicted molar refractivity (Wildman–Crippen MR) is 71.3 cm³/mol. The molecule has 0 bridgehead atoms. The van der Waals surface area contributed by atoms with Gasteiger partial charge in [0.2, 0.25) is 0 Å². The summed E-state index contributed by atoms with van der Waals surface area (Å²) in [6, 6.07) is 0.317. The Balaban J connectivity index is 1.93. The Morgan fingerprint density at radius 2 is 2.11 bits per heavy atom. The van der Waals surface area contributed by atoms with E-state index < -0.39 is 5.60 Å². The minimum atomic E-state index is -0.407. The molecule has 0 radical (unpaired) electrons. The molecule has 1 amide bonds. The Kier molecular flexibility index (Phi) is 3.58. The number of hydrogen-bond acceptors (Lipinski definition) is 3. The lowest BCUT2D eigenvalue weighted by atomic mass is 9.72.